The zero-order chi connectivity index (χ0) is 35.9. The van der Waals surface area contributed by atoms with Crippen LogP contribution < -0.4 is 24.2 Å². The van der Waals surface area contributed by atoms with Crippen LogP contribution in [0.25, 0.3) is 21.9 Å². The summed E-state index contributed by atoms with van der Waals surface area (Å²) >= 11 is 0. The minimum absolute atomic E-state index is 0.111. The minimum atomic E-state index is -3.84. The minimum Gasteiger partial charge on any atom is -0.497 e. The molecule has 0 spiro atoms. The number of urea groups is 1. The number of carbonyl (C=O) groups is 3. The monoisotopic (exact) mass is 717 g/mol. The van der Waals surface area contributed by atoms with Crippen molar-refractivity contribution >= 4 is 38.6 Å². The van der Waals surface area contributed by atoms with Crippen molar-refractivity contribution in [1.82, 2.24) is 24.8 Å². The Labute approximate surface area is 297 Å². The number of fused-ring (bicyclic) bond motifs is 3. The molecule has 3 heterocycles. The van der Waals surface area contributed by atoms with Gasteiger partial charge in [-0.25, -0.2) is 18.2 Å². The SMILES string of the molecule is COc1ccc(-c2c(OC)ccc3c(O[C@@H]4C[C@H]5C(=O)N[C@]6(C(=O)NS(=O)(=O)C7CC7)C[C@H]6C=CCCCCN(C)C(=O)N5C4)nccc23)cc1. The first kappa shape index (κ1) is 34.6. The van der Waals surface area contributed by atoms with E-state index in [0.29, 0.717) is 31.0 Å². The standard InChI is InChI=1S/C37H43N5O8S/c1-41-19-7-5-4-6-8-24-21-37(24,35(44)40-51(46,47)27-13-14-27)39-33(43)30-20-26(22-42(30)36(41)45)50-34-29-15-16-31(49-3)32(28(29)17-18-38-34)23-9-11-25(48-2)12-10-23/h6,8-12,15-18,24,26-27,30H,4-5,7,13-14,19-22H2,1-3H3,(H,39,43)(H,40,44)/t24-,26-,30+,37-/m1/s1. The van der Waals surface area contributed by atoms with Gasteiger partial charge in [0.1, 0.15) is 29.2 Å². The zero-order valence-electron chi connectivity index (χ0n) is 29.0. The predicted molar refractivity (Wildman–Crippen MR) is 190 cm³/mol. The van der Waals surface area contributed by atoms with E-state index >= 15 is 0 Å². The van der Waals surface area contributed by atoms with Crippen molar-refractivity contribution in [2.45, 2.75) is 67.9 Å². The largest absolute Gasteiger partial charge is 0.497 e. The summed E-state index contributed by atoms with van der Waals surface area (Å²) in [7, 11) is 1.10. The number of nitrogens with one attached hydrogen (secondary N) is 2. The van der Waals surface area contributed by atoms with Gasteiger partial charge in [-0.1, -0.05) is 24.3 Å². The molecule has 2 N–H and O–H groups in total. The Morgan fingerprint density at radius 2 is 1.80 bits per heavy atom. The lowest BCUT2D eigenvalue weighted by Gasteiger charge is -2.30. The van der Waals surface area contributed by atoms with Gasteiger partial charge in [-0.15, -0.1) is 0 Å². The number of amides is 4. The Balaban J connectivity index is 1.18. The lowest BCUT2D eigenvalue weighted by atomic mass is 9.98. The second-order valence-corrected chi connectivity index (χ2v) is 15.8. The summed E-state index contributed by atoms with van der Waals surface area (Å²) in [5.41, 5.74) is 0.338. The highest BCUT2D eigenvalue weighted by molar-refractivity contribution is 7.91. The lowest BCUT2D eigenvalue weighted by molar-refractivity contribution is -0.131. The molecule has 14 heteroatoms. The third-order valence-corrected chi connectivity index (χ3v) is 12.2. The predicted octanol–water partition coefficient (Wildman–Crippen LogP) is 4.02. The number of benzene rings is 2. The van der Waals surface area contributed by atoms with Crippen LogP contribution in [0.1, 0.15) is 44.9 Å². The molecule has 2 saturated carbocycles. The molecule has 3 fully saturated rings. The fraction of sp³-hybridized carbons (Fsp3) is 0.459. The van der Waals surface area contributed by atoms with Crippen LogP contribution in [-0.2, 0) is 19.6 Å². The van der Waals surface area contributed by atoms with Crippen LogP contribution in [0.3, 0.4) is 0 Å². The van der Waals surface area contributed by atoms with Gasteiger partial charge in [0.05, 0.1) is 26.0 Å². The molecule has 4 amide bonds. The van der Waals surface area contributed by atoms with E-state index in [4.69, 9.17) is 14.2 Å². The Kier molecular flexibility index (Phi) is 9.29. The molecule has 4 atom stereocenters. The summed E-state index contributed by atoms with van der Waals surface area (Å²) in [6.45, 7) is 0.623. The molecule has 1 aromatic heterocycles. The first-order valence-corrected chi connectivity index (χ1v) is 18.9. The fourth-order valence-corrected chi connectivity index (χ4v) is 8.55. The smallest absolute Gasteiger partial charge is 0.320 e. The molecule has 0 bridgehead atoms. The number of carbonyl (C=O) groups excluding carboxylic acids is 3. The van der Waals surface area contributed by atoms with Gasteiger partial charge in [-0.3, -0.25) is 14.3 Å². The highest BCUT2D eigenvalue weighted by Gasteiger charge is 2.62. The van der Waals surface area contributed by atoms with E-state index in [1.807, 2.05) is 54.6 Å². The number of methoxy groups -OCH3 is 2. The number of sulfonamides is 1. The summed E-state index contributed by atoms with van der Waals surface area (Å²) in [4.78, 5) is 49.2. The Morgan fingerprint density at radius 3 is 2.53 bits per heavy atom. The molecule has 51 heavy (non-hydrogen) atoms. The molecule has 7 rings (SSSR count). The first-order chi connectivity index (χ1) is 24.5. The average molecular weight is 718 g/mol. The molecular formula is C37H43N5O8S. The van der Waals surface area contributed by atoms with Crippen molar-refractivity contribution < 1.29 is 37.0 Å². The second kappa shape index (κ2) is 13.7. The molecule has 270 valence electrons. The number of nitrogens with zero attached hydrogens (tertiary/aromatic N) is 3. The molecule has 13 nitrogen and oxygen atoms in total. The highest BCUT2D eigenvalue weighted by Crippen LogP contribution is 2.46. The number of allylic oxidation sites excluding steroid dienone is 1. The van der Waals surface area contributed by atoms with Crippen molar-refractivity contribution in [3.63, 3.8) is 0 Å². The van der Waals surface area contributed by atoms with E-state index in [1.165, 1.54) is 4.90 Å². The van der Waals surface area contributed by atoms with Gasteiger partial charge < -0.3 is 29.3 Å². The van der Waals surface area contributed by atoms with E-state index < -0.39 is 44.8 Å². The summed E-state index contributed by atoms with van der Waals surface area (Å²) in [5, 5.41) is 3.88. The van der Waals surface area contributed by atoms with Crippen molar-refractivity contribution in [3.8, 4) is 28.5 Å². The molecule has 0 radical (unpaired) electrons. The van der Waals surface area contributed by atoms with Crippen molar-refractivity contribution in [2.75, 3.05) is 34.4 Å². The van der Waals surface area contributed by atoms with E-state index in [9.17, 15) is 22.8 Å². The number of ether oxygens (including phenoxy) is 3. The van der Waals surface area contributed by atoms with Crippen LogP contribution in [0, 0.1) is 5.92 Å². The quantitative estimate of drug-likeness (QED) is 0.329. The second-order valence-electron chi connectivity index (χ2n) is 13.8. The fourth-order valence-electron chi connectivity index (χ4n) is 7.18. The topological polar surface area (TPSA) is 156 Å². The highest BCUT2D eigenvalue weighted by atomic mass is 32.2. The lowest BCUT2D eigenvalue weighted by Crippen LogP contribution is -2.57. The van der Waals surface area contributed by atoms with Gasteiger partial charge in [0, 0.05) is 48.5 Å². The van der Waals surface area contributed by atoms with E-state index in [-0.39, 0.29) is 31.3 Å². The first-order valence-electron chi connectivity index (χ1n) is 17.4. The van der Waals surface area contributed by atoms with Gasteiger partial charge >= 0.3 is 6.03 Å². The van der Waals surface area contributed by atoms with Gasteiger partial charge in [-0.2, -0.15) is 0 Å². The van der Waals surface area contributed by atoms with Crippen LogP contribution in [0.15, 0.2) is 60.8 Å². The number of hydrogen-bond donors (Lipinski definition) is 2. The Bertz CT molecular complexity index is 1980. The maximum atomic E-state index is 14.1. The van der Waals surface area contributed by atoms with Crippen molar-refractivity contribution in [3.05, 3.63) is 60.8 Å². The Morgan fingerprint density at radius 1 is 1.02 bits per heavy atom. The van der Waals surface area contributed by atoms with Crippen LogP contribution >= 0.6 is 0 Å². The van der Waals surface area contributed by atoms with Gasteiger partial charge in [-0.05, 0) is 74.4 Å². The number of aromatic nitrogens is 1. The number of pyridine rings is 1. The summed E-state index contributed by atoms with van der Waals surface area (Å²) in [5.74, 6) is 0.0965. The Hall–Kier alpha value is -4.85. The molecule has 2 aliphatic carbocycles. The van der Waals surface area contributed by atoms with Crippen molar-refractivity contribution in [1.29, 1.82) is 0 Å². The van der Waals surface area contributed by atoms with E-state index in [0.717, 1.165) is 46.9 Å². The number of hydrogen-bond acceptors (Lipinski definition) is 9. The molecular weight excluding hydrogens is 675 g/mol. The van der Waals surface area contributed by atoms with E-state index in [2.05, 4.69) is 15.0 Å². The maximum Gasteiger partial charge on any atom is 0.320 e. The van der Waals surface area contributed by atoms with Crippen LogP contribution in [-0.4, -0.2) is 98.3 Å². The number of rotatable bonds is 8. The normalized spacial score (nSPS) is 25.4. The maximum absolute atomic E-state index is 14.1. The van der Waals surface area contributed by atoms with Gasteiger partial charge in [0.15, 0.2) is 0 Å². The third kappa shape index (κ3) is 6.80. The van der Waals surface area contributed by atoms with Crippen LogP contribution in [0.5, 0.6) is 17.4 Å². The molecule has 1 saturated heterocycles. The average Bonchev–Trinajstić information content (AvgIpc) is 4.06. The summed E-state index contributed by atoms with van der Waals surface area (Å²) in [6, 6.07) is 12.0. The molecule has 3 aromatic rings. The van der Waals surface area contributed by atoms with Crippen LogP contribution in [0.2, 0.25) is 0 Å². The van der Waals surface area contributed by atoms with Gasteiger partial charge in [0.2, 0.25) is 21.8 Å². The molecule has 4 aliphatic rings. The van der Waals surface area contributed by atoms with E-state index in [1.54, 1.807) is 32.4 Å². The molecule has 2 aromatic carbocycles. The molecule has 2 aliphatic heterocycles. The molecule has 0 unspecified atom stereocenters. The summed E-state index contributed by atoms with van der Waals surface area (Å²) < 4.78 is 45.3. The summed E-state index contributed by atoms with van der Waals surface area (Å²) in [6.07, 6.45) is 8.64. The van der Waals surface area contributed by atoms with Gasteiger partial charge in [0.25, 0.3) is 5.91 Å². The third-order valence-electron chi connectivity index (χ3n) is 10.3. The van der Waals surface area contributed by atoms with Crippen LogP contribution in [0.4, 0.5) is 4.79 Å². The van der Waals surface area contributed by atoms with Crippen molar-refractivity contribution in [2.24, 2.45) is 5.92 Å². The zero-order valence-corrected chi connectivity index (χ0v) is 29.8.